The highest BCUT2D eigenvalue weighted by Gasteiger charge is 2.21. The molecule has 0 radical (unpaired) electrons. The van der Waals surface area contributed by atoms with Gasteiger partial charge < -0.3 is 15.7 Å². The SMILES string of the molecule is CCCC(Nc1cc(NCC2CC2)ncn1)C(=O)O. The number of aliphatic carboxylic acids is 1. The molecule has 3 N–H and O–H groups in total. The standard InChI is InChI=1S/C13H20N4O2/c1-2-3-10(13(18)19)17-12-6-11(15-8-16-12)14-7-9-4-5-9/h6,8-10H,2-5,7H2,1H3,(H,18,19)(H2,14,15,16,17). The molecule has 6 nitrogen and oxygen atoms in total. The minimum atomic E-state index is -0.854. The van der Waals surface area contributed by atoms with Crippen molar-refractivity contribution < 1.29 is 9.90 Å². The fourth-order valence-electron chi connectivity index (χ4n) is 1.83. The first-order valence-electron chi connectivity index (χ1n) is 6.74. The molecule has 1 heterocycles. The fourth-order valence-corrected chi connectivity index (χ4v) is 1.83. The molecule has 1 unspecified atom stereocenters. The Bertz CT molecular complexity index is 434. The maximum absolute atomic E-state index is 11.1. The van der Waals surface area contributed by atoms with Crippen molar-refractivity contribution in [1.82, 2.24) is 9.97 Å². The van der Waals surface area contributed by atoms with E-state index in [2.05, 4.69) is 20.6 Å². The van der Waals surface area contributed by atoms with Gasteiger partial charge in [0.15, 0.2) is 0 Å². The summed E-state index contributed by atoms with van der Waals surface area (Å²) < 4.78 is 0. The van der Waals surface area contributed by atoms with E-state index in [1.165, 1.54) is 19.2 Å². The van der Waals surface area contributed by atoms with Crippen LogP contribution in [0.5, 0.6) is 0 Å². The van der Waals surface area contributed by atoms with E-state index >= 15 is 0 Å². The van der Waals surface area contributed by atoms with Crippen LogP contribution in [0.1, 0.15) is 32.6 Å². The minimum Gasteiger partial charge on any atom is -0.480 e. The van der Waals surface area contributed by atoms with Crippen LogP contribution in [-0.2, 0) is 4.79 Å². The molecule has 0 saturated heterocycles. The van der Waals surface area contributed by atoms with Gasteiger partial charge >= 0.3 is 5.97 Å². The summed E-state index contributed by atoms with van der Waals surface area (Å²) in [4.78, 5) is 19.3. The van der Waals surface area contributed by atoms with Crippen LogP contribution in [-0.4, -0.2) is 33.6 Å². The number of nitrogens with one attached hydrogen (secondary N) is 2. The van der Waals surface area contributed by atoms with Crippen LogP contribution in [0.2, 0.25) is 0 Å². The Balaban J connectivity index is 1.94. The Morgan fingerprint density at radius 2 is 2.21 bits per heavy atom. The van der Waals surface area contributed by atoms with E-state index in [0.29, 0.717) is 12.2 Å². The molecule has 1 saturated carbocycles. The van der Waals surface area contributed by atoms with Crippen molar-refractivity contribution >= 4 is 17.6 Å². The zero-order chi connectivity index (χ0) is 13.7. The molecule has 1 aromatic rings. The lowest BCUT2D eigenvalue weighted by Crippen LogP contribution is -2.29. The second-order valence-corrected chi connectivity index (χ2v) is 4.94. The predicted molar refractivity (Wildman–Crippen MR) is 73.2 cm³/mol. The van der Waals surface area contributed by atoms with Gasteiger partial charge in [0, 0.05) is 12.6 Å². The number of nitrogens with zero attached hydrogens (tertiary/aromatic N) is 2. The van der Waals surface area contributed by atoms with Crippen LogP contribution in [0.15, 0.2) is 12.4 Å². The van der Waals surface area contributed by atoms with Crippen LogP contribution in [0, 0.1) is 5.92 Å². The van der Waals surface area contributed by atoms with Gasteiger partial charge in [-0.1, -0.05) is 13.3 Å². The maximum Gasteiger partial charge on any atom is 0.326 e. The summed E-state index contributed by atoms with van der Waals surface area (Å²) >= 11 is 0. The second kappa shape index (κ2) is 6.36. The van der Waals surface area contributed by atoms with Crippen LogP contribution in [0.3, 0.4) is 0 Å². The molecule has 2 rings (SSSR count). The molecule has 1 fully saturated rings. The van der Waals surface area contributed by atoms with Gasteiger partial charge in [-0.25, -0.2) is 14.8 Å². The molecule has 0 bridgehead atoms. The first-order chi connectivity index (χ1) is 9.19. The first-order valence-corrected chi connectivity index (χ1v) is 6.74. The number of carboxylic acids is 1. The minimum absolute atomic E-state index is 0.550. The molecule has 1 aliphatic rings. The Labute approximate surface area is 112 Å². The number of hydrogen-bond acceptors (Lipinski definition) is 5. The van der Waals surface area contributed by atoms with Crippen LogP contribution in [0.25, 0.3) is 0 Å². The quantitative estimate of drug-likeness (QED) is 0.665. The molecular formula is C13H20N4O2. The Morgan fingerprint density at radius 3 is 2.84 bits per heavy atom. The molecule has 19 heavy (non-hydrogen) atoms. The number of carboxylic acid groups (broad SMARTS) is 1. The molecule has 1 aliphatic carbocycles. The molecule has 1 atom stereocenters. The zero-order valence-corrected chi connectivity index (χ0v) is 11.1. The summed E-state index contributed by atoms with van der Waals surface area (Å²) in [5.74, 6) is 1.20. The van der Waals surface area contributed by atoms with Gasteiger partial charge in [0.05, 0.1) is 0 Å². The molecule has 0 spiro atoms. The van der Waals surface area contributed by atoms with Crippen molar-refractivity contribution in [2.45, 2.75) is 38.6 Å². The lowest BCUT2D eigenvalue weighted by molar-refractivity contribution is -0.138. The molecule has 0 amide bonds. The van der Waals surface area contributed by atoms with Gasteiger partial charge in [-0.15, -0.1) is 0 Å². The number of aromatic nitrogens is 2. The van der Waals surface area contributed by atoms with E-state index in [4.69, 9.17) is 5.11 Å². The largest absolute Gasteiger partial charge is 0.480 e. The summed E-state index contributed by atoms with van der Waals surface area (Å²) in [7, 11) is 0. The molecule has 0 aromatic carbocycles. The highest BCUT2D eigenvalue weighted by atomic mass is 16.4. The van der Waals surface area contributed by atoms with Crippen molar-refractivity contribution in [3.63, 3.8) is 0 Å². The van der Waals surface area contributed by atoms with Gasteiger partial charge in [-0.05, 0) is 25.2 Å². The summed E-state index contributed by atoms with van der Waals surface area (Å²) in [6, 6.07) is 1.16. The van der Waals surface area contributed by atoms with E-state index in [1.807, 2.05) is 6.92 Å². The molecule has 1 aromatic heterocycles. The topological polar surface area (TPSA) is 87.1 Å². The number of rotatable bonds is 8. The fraction of sp³-hybridized carbons (Fsp3) is 0.615. The average Bonchev–Trinajstić information content (AvgIpc) is 3.20. The van der Waals surface area contributed by atoms with Crippen molar-refractivity contribution in [2.24, 2.45) is 5.92 Å². The van der Waals surface area contributed by atoms with Crippen molar-refractivity contribution in [3.8, 4) is 0 Å². The summed E-state index contributed by atoms with van der Waals surface area (Å²) in [6.07, 6.45) is 5.38. The number of anilines is 2. The summed E-state index contributed by atoms with van der Waals surface area (Å²) in [5, 5.41) is 15.3. The lowest BCUT2D eigenvalue weighted by Gasteiger charge is -2.14. The third-order valence-electron chi connectivity index (χ3n) is 3.13. The molecule has 0 aliphatic heterocycles. The number of hydrogen-bond donors (Lipinski definition) is 3. The van der Waals surface area contributed by atoms with Gasteiger partial charge in [0.2, 0.25) is 0 Å². The normalized spacial score (nSPS) is 15.8. The average molecular weight is 264 g/mol. The smallest absolute Gasteiger partial charge is 0.326 e. The van der Waals surface area contributed by atoms with Crippen LogP contribution < -0.4 is 10.6 Å². The van der Waals surface area contributed by atoms with Crippen molar-refractivity contribution in [3.05, 3.63) is 12.4 Å². The first kappa shape index (κ1) is 13.6. The molecule has 104 valence electrons. The summed E-state index contributed by atoms with van der Waals surface area (Å²) in [6.45, 7) is 2.88. The number of carbonyl (C=O) groups is 1. The monoisotopic (exact) mass is 264 g/mol. The predicted octanol–water partition coefficient (Wildman–Crippen LogP) is 1.96. The zero-order valence-electron chi connectivity index (χ0n) is 11.1. The Hall–Kier alpha value is -1.85. The van der Waals surface area contributed by atoms with Gasteiger partial charge in [-0.2, -0.15) is 0 Å². The third-order valence-corrected chi connectivity index (χ3v) is 3.13. The van der Waals surface area contributed by atoms with E-state index in [9.17, 15) is 4.79 Å². The van der Waals surface area contributed by atoms with Crippen LogP contribution >= 0.6 is 0 Å². The molecule has 6 heteroatoms. The highest BCUT2D eigenvalue weighted by molar-refractivity contribution is 5.76. The van der Waals surface area contributed by atoms with E-state index in [0.717, 1.165) is 24.7 Å². The van der Waals surface area contributed by atoms with E-state index < -0.39 is 12.0 Å². The highest BCUT2D eigenvalue weighted by Crippen LogP contribution is 2.28. The van der Waals surface area contributed by atoms with Crippen molar-refractivity contribution in [2.75, 3.05) is 17.2 Å². The van der Waals surface area contributed by atoms with E-state index in [1.54, 1.807) is 6.07 Å². The maximum atomic E-state index is 11.1. The van der Waals surface area contributed by atoms with E-state index in [-0.39, 0.29) is 0 Å². The molecular weight excluding hydrogens is 244 g/mol. The third kappa shape index (κ3) is 4.39. The summed E-state index contributed by atoms with van der Waals surface area (Å²) in [5.41, 5.74) is 0. The van der Waals surface area contributed by atoms with Gasteiger partial charge in [0.1, 0.15) is 24.0 Å². The van der Waals surface area contributed by atoms with Gasteiger partial charge in [0.25, 0.3) is 0 Å². The Kier molecular flexibility index (Phi) is 4.54. The second-order valence-electron chi connectivity index (χ2n) is 4.94. The van der Waals surface area contributed by atoms with Gasteiger partial charge in [-0.3, -0.25) is 0 Å². The van der Waals surface area contributed by atoms with Crippen molar-refractivity contribution in [1.29, 1.82) is 0 Å². The van der Waals surface area contributed by atoms with Crippen LogP contribution in [0.4, 0.5) is 11.6 Å². The Morgan fingerprint density at radius 1 is 1.47 bits per heavy atom. The lowest BCUT2D eigenvalue weighted by atomic mass is 10.2.